The van der Waals surface area contributed by atoms with Crippen LogP contribution in [0.3, 0.4) is 0 Å². The van der Waals surface area contributed by atoms with Crippen LogP contribution in [0.4, 0.5) is 0 Å². The van der Waals surface area contributed by atoms with Gasteiger partial charge in [-0.2, -0.15) is 0 Å². The number of amides is 2. The summed E-state index contributed by atoms with van der Waals surface area (Å²) in [6.07, 6.45) is 0.793. The third-order valence-electron chi connectivity index (χ3n) is 3.08. The van der Waals surface area contributed by atoms with Crippen LogP contribution in [-0.2, 0) is 20.9 Å². The summed E-state index contributed by atoms with van der Waals surface area (Å²) in [6.45, 7) is 3.27. The summed E-state index contributed by atoms with van der Waals surface area (Å²) in [4.78, 5) is 22.7. The molecule has 0 saturated carbocycles. The molecule has 0 bridgehead atoms. The van der Waals surface area contributed by atoms with Gasteiger partial charge in [0.25, 0.3) is 0 Å². The van der Waals surface area contributed by atoms with Crippen LogP contribution in [0, 0.1) is 6.92 Å². The fraction of sp³-hybridized carbons (Fsp3) is 0.500. The van der Waals surface area contributed by atoms with Crippen LogP contribution in [-0.4, -0.2) is 45.2 Å². The molecule has 0 saturated heterocycles. The van der Waals surface area contributed by atoms with Crippen molar-refractivity contribution < 1.29 is 19.1 Å². The number of rotatable bonds is 10. The van der Waals surface area contributed by atoms with E-state index in [1.165, 1.54) is 0 Å². The van der Waals surface area contributed by atoms with Crippen molar-refractivity contribution in [2.75, 3.05) is 33.4 Å². The maximum Gasteiger partial charge on any atom is 0.239 e. The zero-order valence-electron chi connectivity index (χ0n) is 14.1. The molecular formula is C16H26ClN3O4. The van der Waals surface area contributed by atoms with Crippen molar-refractivity contribution in [1.29, 1.82) is 0 Å². The molecule has 0 aromatic heterocycles. The van der Waals surface area contributed by atoms with Crippen molar-refractivity contribution >= 4 is 24.2 Å². The van der Waals surface area contributed by atoms with Gasteiger partial charge in [-0.25, -0.2) is 0 Å². The van der Waals surface area contributed by atoms with E-state index in [2.05, 4.69) is 10.6 Å². The molecular weight excluding hydrogens is 334 g/mol. The first-order chi connectivity index (χ1) is 11.1. The number of carbonyl (C=O) groups excluding carboxylic acids is 2. The van der Waals surface area contributed by atoms with Gasteiger partial charge in [-0.05, 0) is 18.6 Å². The number of carbonyl (C=O) groups is 2. The molecule has 0 radical (unpaired) electrons. The van der Waals surface area contributed by atoms with E-state index in [4.69, 9.17) is 15.2 Å². The summed E-state index contributed by atoms with van der Waals surface area (Å²) in [6, 6.07) is 5.81. The third kappa shape index (κ3) is 8.71. The molecule has 7 nitrogen and oxygen atoms in total. The number of ether oxygens (including phenoxy) is 2. The fourth-order valence-corrected chi connectivity index (χ4v) is 1.83. The van der Waals surface area contributed by atoms with Crippen LogP contribution in [0.25, 0.3) is 0 Å². The van der Waals surface area contributed by atoms with Gasteiger partial charge < -0.3 is 25.8 Å². The van der Waals surface area contributed by atoms with Crippen LogP contribution in [0.2, 0.25) is 0 Å². The van der Waals surface area contributed by atoms with Gasteiger partial charge in [0.2, 0.25) is 11.8 Å². The number of hydrogen-bond donors (Lipinski definition) is 3. The van der Waals surface area contributed by atoms with E-state index in [-0.39, 0.29) is 37.3 Å². The second-order valence-electron chi connectivity index (χ2n) is 5.06. The average molecular weight is 360 g/mol. The summed E-state index contributed by atoms with van der Waals surface area (Å²) in [5.74, 6) is 0.0998. The molecule has 1 aromatic carbocycles. The zero-order valence-corrected chi connectivity index (χ0v) is 14.9. The Morgan fingerprint density at radius 1 is 1.17 bits per heavy atom. The van der Waals surface area contributed by atoms with Gasteiger partial charge in [0, 0.05) is 32.2 Å². The molecule has 136 valence electrons. The lowest BCUT2D eigenvalue weighted by molar-refractivity contribution is -0.125. The van der Waals surface area contributed by atoms with Crippen LogP contribution in [0.5, 0.6) is 5.75 Å². The number of methoxy groups -OCH3 is 1. The summed E-state index contributed by atoms with van der Waals surface area (Å²) in [5.41, 5.74) is 7.12. The molecule has 8 heteroatoms. The predicted molar refractivity (Wildman–Crippen MR) is 94.3 cm³/mol. The summed E-state index contributed by atoms with van der Waals surface area (Å²) in [7, 11) is 1.65. The van der Waals surface area contributed by atoms with E-state index in [1.807, 2.05) is 25.1 Å². The summed E-state index contributed by atoms with van der Waals surface area (Å²) >= 11 is 0. The maximum atomic E-state index is 11.7. The molecule has 0 unspecified atom stereocenters. The lowest BCUT2D eigenvalue weighted by Crippen LogP contribution is -2.39. The molecule has 0 aliphatic carbocycles. The number of aryl methyl sites for hydroxylation is 1. The highest BCUT2D eigenvalue weighted by Gasteiger charge is 2.08. The Bertz CT molecular complexity index is 526. The number of nitrogens with two attached hydrogens (primary N) is 1. The van der Waals surface area contributed by atoms with Crippen molar-refractivity contribution in [3.8, 4) is 5.75 Å². The average Bonchev–Trinajstić information content (AvgIpc) is 2.55. The molecule has 1 rings (SSSR count). The standard InChI is InChI=1S/C16H25N3O4.ClH/c1-12-4-5-13(14(8-12)23-7-3-6-22-2)10-18-16(21)11-19-15(20)9-17;/h4-5,8H,3,6-7,9-11,17H2,1-2H3,(H,18,21)(H,19,20);1H. The monoisotopic (exact) mass is 359 g/mol. The lowest BCUT2D eigenvalue weighted by atomic mass is 10.1. The minimum absolute atomic E-state index is 0. The molecule has 0 spiro atoms. The van der Waals surface area contributed by atoms with Crippen molar-refractivity contribution in [2.45, 2.75) is 19.9 Å². The quantitative estimate of drug-likeness (QED) is 0.529. The molecule has 1 aromatic rings. The molecule has 4 N–H and O–H groups in total. The summed E-state index contributed by atoms with van der Waals surface area (Å²) < 4.78 is 10.7. The van der Waals surface area contributed by atoms with E-state index in [9.17, 15) is 9.59 Å². The van der Waals surface area contributed by atoms with E-state index in [0.717, 1.165) is 23.3 Å². The Hall–Kier alpha value is -1.83. The third-order valence-corrected chi connectivity index (χ3v) is 3.08. The Balaban J connectivity index is 0.00000529. The second-order valence-corrected chi connectivity index (χ2v) is 5.06. The van der Waals surface area contributed by atoms with Crippen LogP contribution >= 0.6 is 12.4 Å². The Morgan fingerprint density at radius 3 is 2.58 bits per heavy atom. The molecule has 0 aliphatic heterocycles. The lowest BCUT2D eigenvalue weighted by Gasteiger charge is -2.13. The van der Waals surface area contributed by atoms with Crippen molar-refractivity contribution in [3.05, 3.63) is 29.3 Å². The van der Waals surface area contributed by atoms with Gasteiger partial charge >= 0.3 is 0 Å². The highest BCUT2D eigenvalue weighted by atomic mass is 35.5. The van der Waals surface area contributed by atoms with Crippen molar-refractivity contribution in [2.24, 2.45) is 5.73 Å². The van der Waals surface area contributed by atoms with E-state index in [0.29, 0.717) is 19.8 Å². The van der Waals surface area contributed by atoms with Crippen LogP contribution < -0.4 is 21.1 Å². The number of nitrogens with one attached hydrogen (secondary N) is 2. The SMILES string of the molecule is COCCCOc1cc(C)ccc1CNC(=O)CNC(=O)CN.Cl. The van der Waals surface area contributed by atoms with Gasteiger partial charge in [-0.1, -0.05) is 12.1 Å². The van der Waals surface area contributed by atoms with Crippen LogP contribution in [0.15, 0.2) is 18.2 Å². The number of benzene rings is 1. The van der Waals surface area contributed by atoms with Crippen LogP contribution in [0.1, 0.15) is 17.5 Å². The highest BCUT2D eigenvalue weighted by molar-refractivity contribution is 5.85. The first-order valence-corrected chi connectivity index (χ1v) is 7.51. The summed E-state index contributed by atoms with van der Waals surface area (Å²) in [5, 5.41) is 5.16. The number of halogens is 1. The van der Waals surface area contributed by atoms with E-state index in [1.54, 1.807) is 7.11 Å². The molecule has 0 fully saturated rings. The minimum Gasteiger partial charge on any atom is -0.493 e. The van der Waals surface area contributed by atoms with E-state index >= 15 is 0 Å². The second kappa shape index (κ2) is 12.6. The highest BCUT2D eigenvalue weighted by Crippen LogP contribution is 2.20. The molecule has 0 aliphatic rings. The topological polar surface area (TPSA) is 103 Å². The minimum atomic E-state index is -0.363. The van der Waals surface area contributed by atoms with Gasteiger partial charge in [0.15, 0.2) is 0 Å². The van der Waals surface area contributed by atoms with E-state index < -0.39 is 0 Å². The zero-order chi connectivity index (χ0) is 17.1. The largest absolute Gasteiger partial charge is 0.493 e. The predicted octanol–water partition coefficient (Wildman–Crippen LogP) is 0.523. The first-order valence-electron chi connectivity index (χ1n) is 7.51. The Labute approximate surface area is 148 Å². The normalized spacial score (nSPS) is 9.79. The molecule has 0 atom stereocenters. The maximum absolute atomic E-state index is 11.7. The van der Waals surface area contributed by atoms with Crippen molar-refractivity contribution in [1.82, 2.24) is 10.6 Å². The van der Waals surface area contributed by atoms with Gasteiger partial charge in [0.1, 0.15) is 5.75 Å². The smallest absolute Gasteiger partial charge is 0.239 e. The fourth-order valence-electron chi connectivity index (χ4n) is 1.83. The first kappa shape index (κ1) is 22.2. The molecule has 0 heterocycles. The molecule has 24 heavy (non-hydrogen) atoms. The van der Waals surface area contributed by atoms with Gasteiger partial charge in [-0.15, -0.1) is 12.4 Å². The van der Waals surface area contributed by atoms with Gasteiger partial charge in [0.05, 0.1) is 19.7 Å². The molecule has 2 amide bonds. The van der Waals surface area contributed by atoms with Crippen molar-refractivity contribution in [3.63, 3.8) is 0 Å². The van der Waals surface area contributed by atoms with Gasteiger partial charge in [-0.3, -0.25) is 9.59 Å². The Kier molecular flexibility index (Phi) is 11.6. The number of hydrogen-bond acceptors (Lipinski definition) is 5. The Morgan fingerprint density at radius 2 is 1.92 bits per heavy atom.